The number of hydrogen-bond donors (Lipinski definition) is 0. The fraction of sp³-hybridized carbons (Fsp3) is 0.125. The van der Waals surface area contributed by atoms with Gasteiger partial charge >= 0.3 is 0 Å². The standard InChI is InChI=1S/C8H5F2NO2S/c1-14(12,13)7-3-6(9)2-5(4-11)8(7)10/h2-3H,1H3. The number of benzene rings is 1. The first-order chi connectivity index (χ1) is 6.36. The Bertz CT molecular complexity index is 517. The summed E-state index contributed by atoms with van der Waals surface area (Å²) in [6.07, 6.45) is 0.742. The summed E-state index contributed by atoms with van der Waals surface area (Å²) in [4.78, 5) is -0.797. The van der Waals surface area contributed by atoms with E-state index in [4.69, 9.17) is 5.26 Å². The summed E-state index contributed by atoms with van der Waals surface area (Å²) < 4.78 is 47.8. The molecule has 14 heavy (non-hydrogen) atoms. The Morgan fingerprint density at radius 1 is 1.36 bits per heavy atom. The Labute approximate surface area is 79.5 Å². The van der Waals surface area contributed by atoms with Gasteiger partial charge in [-0.2, -0.15) is 5.26 Å². The molecular formula is C8H5F2NO2S. The second-order valence-corrected chi connectivity index (χ2v) is 4.63. The number of halogens is 2. The fourth-order valence-corrected chi connectivity index (χ4v) is 1.68. The summed E-state index contributed by atoms with van der Waals surface area (Å²) >= 11 is 0. The topological polar surface area (TPSA) is 57.9 Å². The summed E-state index contributed by atoms with van der Waals surface area (Å²) in [5.74, 6) is -2.17. The van der Waals surface area contributed by atoms with E-state index in [1.165, 1.54) is 6.07 Å². The van der Waals surface area contributed by atoms with Gasteiger partial charge in [-0.15, -0.1) is 0 Å². The molecule has 0 saturated carbocycles. The van der Waals surface area contributed by atoms with Gasteiger partial charge in [-0.1, -0.05) is 0 Å². The van der Waals surface area contributed by atoms with E-state index in [1.807, 2.05) is 0 Å². The maximum atomic E-state index is 13.2. The first-order valence-electron chi connectivity index (χ1n) is 3.45. The van der Waals surface area contributed by atoms with Gasteiger partial charge in [0.25, 0.3) is 0 Å². The molecule has 1 aromatic rings. The minimum atomic E-state index is -3.85. The first kappa shape index (κ1) is 10.6. The minimum absolute atomic E-state index is 0.547. The number of rotatable bonds is 1. The lowest BCUT2D eigenvalue weighted by Gasteiger charge is -2.01. The lowest BCUT2D eigenvalue weighted by Crippen LogP contribution is -2.03. The molecule has 0 aliphatic heterocycles. The molecule has 0 bridgehead atoms. The van der Waals surface area contributed by atoms with Crippen LogP contribution in [0.4, 0.5) is 8.78 Å². The van der Waals surface area contributed by atoms with Gasteiger partial charge in [0.1, 0.15) is 16.8 Å². The summed E-state index contributed by atoms with van der Waals surface area (Å²) in [6.45, 7) is 0. The number of hydrogen-bond acceptors (Lipinski definition) is 3. The van der Waals surface area contributed by atoms with Crippen molar-refractivity contribution in [3.8, 4) is 6.07 Å². The Hall–Kier alpha value is -1.48. The maximum Gasteiger partial charge on any atom is 0.178 e. The zero-order valence-corrected chi connectivity index (χ0v) is 7.90. The number of nitriles is 1. The van der Waals surface area contributed by atoms with Crippen LogP contribution in [0.15, 0.2) is 17.0 Å². The molecule has 0 fully saturated rings. The summed E-state index contributed by atoms with van der Waals surface area (Å²) in [5.41, 5.74) is -0.620. The minimum Gasteiger partial charge on any atom is -0.224 e. The first-order valence-corrected chi connectivity index (χ1v) is 5.34. The second-order valence-electron chi connectivity index (χ2n) is 2.65. The lowest BCUT2D eigenvalue weighted by molar-refractivity contribution is 0.553. The number of nitrogens with zero attached hydrogens (tertiary/aromatic N) is 1. The van der Waals surface area contributed by atoms with Crippen LogP contribution in [0.2, 0.25) is 0 Å². The van der Waals surface area contributed by atoms with Crippen LogP contribution >= 0.6 is 0 Å². The van der Waals surface area contributed by atoms with Crippen LogP contribution in [0.25, 0.3) is 0 Å². The lowest BCUT2D eigenvalue weighted by atomic mass is 10.2. The van der Waals surface area contributed by atoms with Crippen molar-refractivity contribution >= 4 is 9.84 Å². The smallest absolute Gasteiger partial charge is 0.178 e. The van der Waals surface area contributed by atoms with E-state index in [1.54, 1.807) is 0 Å². The second kappa shape index (κ2) is 3.35. The average molecular weight is 217 g/mol. The molecule has 1 rings (SSSR count). The predicted molar refractivity (Wildman–Crippen MR) is 44.2 cm³/mol. The maximum absolute atomic E-state index is 13.2. The van der Waals surface area contributed by atoms with Crippen LogP contribution in [-0.4, -0.2) is 14.7 Å². The molecule has 0 heterocycles. The van der Waals surface area contributed by atoms with Crippen molar-refractivity contribution in [2.45, 2.75) is 4.90 Å². The van der Waals surface area contributed by atoms with Crippen LogP contribution < -0.4 is 0 Å². The summed E-state index contributed by atoms with van der Waals surface area (Å²) in [5, 5.41) is 8.38. The Morgan fingerprint density at radius 2 is 1.93 bits per heavy atom. The molecular weight excluding hydrogens is 212 g/mol. The third-order valence-electron chi connectivity index (χ3n) is 1.52. The highest BCUT2D eigenvalue weighted by Gasteiger charge is 2.18. The van der Waals surface area contributed by atoms with Crippen molar-refractivity contribution in [3.05, 3.63) is 29.3 Å². The van der Waals surface area contributed by atoms with Crippen LogP contribution in [0.5, 0.6) is 0 Å². The third kappa shape index (κ3) is 1.88. The third-order valence-corrected chi connectivity index (χ3v) is 2.62. The van der Waals surface area contributed by atoms with E-state index >= 15 is 0 Å². The highest BCUT2D eigenvalue weighted by atomic mass is 32.2. The molecule has 74 valence electrons. The van der Waals surface area contributed by atoms with E-state index in [-0.39, 0.29) is 0 Å². The quantitative estimate of drug-likeness (QED) is 0.711. The molecule has 0 N–H and O–H groups in total. The Balaban J connectivity index is 3.64. The SMILES string of the molecule is CS(=O)(=O)c1cc(F)cc(C#N)c1F. The van der Waals surface area contributed by atoms with Gasteiger partial charge in [0.15, 0.2) is 15.7 Å². The molecule has 3 nitrogen and oxygen atoms in total. The van der Waals surface area contributed by atoms with Crippen molar-refractivity contribution in [3.63, 3.8) is 0 Å². The molecule has 0 aliphatic rings. The molecule has 0 saturated heterocycles. The van der Waals surface area contributed by atoms with Gasteiger partial charge in [0.2, 0.25) is 0 Å². The predicted octanol–water partition coefficient (Wildman–Crippen LogP) is 1.24. The van der Waals surface area contributed by atoms with Gasteiger partial charge in [0.05, 0.1) is 5.56 Å². The molecule has 0 aromatic heterocycles. The van der Waals surface area contributed by atoms with Crippen LogP contribution in [0, 0.1) is 23.0 Å². The van der Waals surface area contributed by atoms with Crippen LogP contribution in [-0.2, 0) is 9.84 Å². The van der Waals surface area contributed by atoms with Crippen molar-refractivity contribution < 1.29 is 17.2 Å². The molecule has 0 atom stereocenters. The largest absolute Gasteiger partial charge is 0.224 e. The molecule has 0 aliphatic carbocycles. The van der Waals surface area contributed by atoms with E-state index in [0.717, 1.165) is 6.26 Å². The van der Waals surface area contributed by atoms with Gasteiger partial charge < -0.3 is 0 Å². The van der Waals surface area contributed by atoms with E-state index in [2.05, 4.69) is 0 Å². The van der Waals surface area contributed by atoms with Gasteiger partial charge in [-0.25, -0.2) is 17.2 Å². The highest BCUT2D eigenvalue weighted by Crippen LogP contribution is 2.19. The average Bonchev–Trinajstić information content (AvgIpc) is 2.06. The number of sulfone groups is 1. The molecule has 6 heteroatoms. The van der Waals surface area contributed by atoms with Gasteiger partial charge in [-0.05, 0) is 12.1 Å². The zero-order chi connectivity index (χ0) is 10.9. The molecule has 0 spiro atoms. The van der Waals surface area contributed by atoms with E-state index < -0.39 is 31.9 Å². The van der Waals surface area contributed by atoms with E-state index in [9.17, 15) is 17.2 Å². The van der Waals surface area contributed by atoms with Crippen molar-refractivity contribution in [1.29, 1.82) is 5.26 Å². The molecule has 1 aromatic carbocycles. The normalized spacial score (nSPS) is 11.0. The van der Waals surface area contributed by atoms with Crippen molar-refractivity contribution in [2.24, 2.45) is 0 Å². The monoisotopic (exact) mass is 217 g/mol. The molecule has 0 amide bonds. The highest BCUT2D eigenvalue weighted by molar-refractivity contribution is 7.90. The van der Waals surface area contributed by atoms with Crippen LogP contribution in [0.3, 0.4) is 0 Å². The van der Waals surface area contributed by atoms with Crippen molar-refractivity contribution in [1.82, 2.24) is 0 Å². The van der Waals surface area contributed by atoms with E-state index in [0.29, 0.717) is 12.1 Å². The van der Waals surface area contributed by atoms with Crippen LogP contribution in [0.1, 0.15) is 5.56 Å². The Morgan fingerprint density at radius 3 is 2.36 bits per heavy atom. The molecule has 0 unspecified atom stereocenters. The fourth-order valence-electron chi connectivity index (χ4n) is 0.915. The summed E-state index contributed by atoms with van der Waals surface area (Å²) in [6, 6.07) is 2.56. The Kier molecular flexibility index (Phi) is 2.53. The van der Waals surface area contributed by atoms with Gasteiger partial charge in [-0.3, -0.25) is 0 Å². The zero-order valence-electron chi connectivity index (χ0n) is 7.08. The van der Waals surface area contributed by atoms with Gasteiger partial charge in [0, 0.05) is 6.26 Å². The molecule has 0 radical (unpaired) electrons. The van der Waals surface area contributed by atoms with Crippen molar-refractivity contribution in [2.75, 3.05) is 6.26 Å². The summed E-state index contributed by atoms with van der Waals surface area (Å²) in [7, 11) is -3.85.